The number of ether oxygens (including phenoxy) is 2. The molecular formula is C9H16O3. The summed E-state index contributed by atoms with van der Waals surface area (Å²) in [5, 5.41) is 0. The van der Waals surface area contributed by atoms with Gasteiger partial charge in [-0.15, -0.1) is 0 Å². The lowest BCUT2D eigenvalue weighted by atomic mass is 9.82. The van der Waals surface area contributed by atoms with Crippen LogP contribution in [0.2, 0.25) is 0 Å². The Balaban J connectivity index is 2.07. The van der Waals surface area contributed by atoms with Crippen LogP contribution in [0.5, 0.6) is 0 Å². The van der Waals surface area contributed by atoms with Gasteiger partial charge >= 0.3 is 5.97 Å². The van der Waals surface area contributed by atoms with Crippen molar-refractivity contribution in [3.8, 4) is 0 Å². The minimum atomic E-state index is -0.0913. The zero-order chi connectivity index (χ0) is 8.97. The van der Waals surface area contributed by atoms with Gasteiger partial charge in [0.2, 0.25) is 0 Å². The van der Waals surface area contributed by atoms with E-state index in [4.69, 9.17) is 4.74 Å². The van der Waals surface area contributed by atoms with Gasteiger partial charge in [0.25, 0.3) is 0 Å². The molecule has 12 heavy (non-hydrogen) atoms. The molecule has 1 aliphatic rings. The van der Waals surface area contributed by atoms with Crippen LogP contribution < -0.4 is 0 Å². The molecule has 1 fully saturated rings. The molecule has 0 atom stereocenters. The van der Waals surface area contributed by atoms with Gasteiger partial charge in [-0.1, -0.05) is 6.92 Å². The number of rotatable bonds is 4. The molecule has 0 aromatic heterocycles. The van der Waals surface area contributed by atoms with Crippen LogP contribution in [0, 0.1) is 5.92 Å². The number of methoxy groups -OCH3 is 1. The Hall–Kier alpha value is -0.570. The number of esters is 1. The minimum Gasteiger partial charge on any atom is -0.469 e. The van der Waals surface area contributed by atoms with E-state index in [1.165, 1.54) is 7.11 Å². The van der Waals surface area contributed by atoms with Crippen LogP contribution in [-0.2, 0) is 14.3 Å². The van der Waals surface area contributed by atoms with Gasteiger partial charge in [0.05, 0.1) is 19.1 Å². The SMILES string of the molecule is CCCOC1CC(C(=O)OC)C1. The molecule has 0 unspecified atom stereocenters. The highest BCUT2D eigenvalue weighted by atomic mass is 16.5. The van der Waals surface area contributed by atoms with Crippen LogP contribution in [-0.4, -0.2) is 25.8 Å². The Morgan fingerprint density at radius 1 is 1.50 bits per heavy atom. The molecule has 0 aliphatic heterocycles. The summed E-state index contributed by atoms with van der Waals surface area (Å²) in [7, 11) is 1.43. The maximum absolute atomic E-state index is 10.9. The molecule has 1 saturated carbocycles. The fourth-order valence-corrected chi connectivity index (χ4v) is 1.35. The molecule has 0 amide bonds. The Morgan fingerprint density at radius 3 is 2.67 bits per heavy atom. The maximum Gasteiger partial charge on any atom is 0.308 e. The van der Waals surface area contributed by atoms with E-state index >= 15 is 0 Å². The molecule has 3 heteroatoms. The standard InChI is InChI=1S/C9H16O3/c1-3-4-12-8-5-7(6-8)9(10)11-2/h7-8H,3-6H2,1-2H3. The predicted molar refractivity (Wildman–Crippen MR) is 44.8 cm³/mol. The van der Waals surface area contributed by atoms with Gasteiger partial charge in [-0.05, 0) is 19.3 Å². The van der Waals surface area contributed by atoms with E-state index in [0.29, 0.717) is 6.10 Å². The fourth-order valence-electron chi connectivity index (χ4n) is 1.35. The van der Waals surface area contributed by atoms with Gasteiger partial charge in [-0.25, -0.2) is 0 Å². The summed E-state index contributed by atoms with van der Waals surface area (Å²) in [5.74, 6) is 0.00297. The molecular weight excluding hydrogens is 156 g/mol. The number of hydrogen-bond acceptors (Lipinski definition) is 3. The van der Waals surface area contributed by atoms with Crippen molar-refractivity contribution in [1.82, 2.24) is 0 Å². The normalized spacial score (nSPS) is 27.8. The first-order valence-electron chi connectivity index (χ1n) is 4.47. The van der Waals surface area contributed by atoms with Crippen LogP contribution in [0.4, 0.5) is 0 Å². The average molecular weight is 172 g/mol. The molecule has 1 aliphatic carbocycles. The first kappa shape index (κ1) is 9.52. The lowest BCUT2D eigenvalue weighted by molar-refractivity contribution is -0.154. The highest BCUT2D eigenvalue weighted by molar-refractivity contribution is 5.73. The molecule has 3 nitrogen and oxygen atoms in total. The first-order valence-corrected chi connectivity index (χ1v) is 4.47. The molecule has 0 N–H and O–H groups in total. The average Bonchev–Trinajstić information content (AvgIpc) is 2.01. The third-order valence-corrected chi connectivity index (χ3v) is 2.19. The van der Waals surface area contributed by atoms with Gasteiger partial charge in [-0.2, -0.15) is 0 Å². The van der Waals surface area contributed by atoms with Crippen LogP contribution >= 0.6 is 0 Å². The summed E-state index contributed by atoms with van der Waals surface area (Å²) in [6, 6.07) is 0. The smallest absolute Gasteiger partial charge is 0.308 e. The summed E-state index contributed by atoms with van der Waals surface area (Å²) in [5.41, 5.74) is 0. The second-order valence-corrected chi connectivity index (χ2v) is 3.18. The molecule has 70 valence electrons. The van der Waals surface area contributed by atoms with Crippen molar-refractivity contribution in [3.63, 3.8) is 0 Å². The topological polar surface area (TPSA) is 35.5 Å². The Labute approximate surface area is 73.0 Å². The maximum atomic E-state index is 10.9. The van der Waals surface area contributed by atoms with E-state index in [1.807, 2.05) is 0 Å². The molecule has 0 aromatic carbocycles. The second kappa shape index (κ2) is 4.45. The highest BCUT2D eigenvalue weighted by Crippen LogP contribution is 2.30. The van der Waals surface area contributed by atoms with Crippen molar-refractivity contribution in [2.24, 2.45) is 5.92 Å². The predicted octanol–water partition coefficient (Wildman–Crippen LogP) is 1.36. The number of carbonyl (C=O) groups is 1. The third-order valence-electron chi connectivity index (χ3n) is 2.19. The molecule has 0 aromatic rings. The first-order chi connectivity index (χ1) is 5.77. The zero-order valence-corrected chi connectivity index (χ0v) is 7.71. The summed E-state index contributed by atoms with van der Waals surface area (Å²) in [6.07, 6.45) is 3.02. The van der Waals surface area contributed by atoms with Crippen LogP contribution in [0.25, 0.3) is 0 Å². The molecule has 0 spiro atoms. The van der Waals surface area contributed by atoms with Crippen LogP contribution in [0.15, 0.2) is 0 Å². The molecule has 0 heterocycles. The van der Waals surface area contributed by atoms with E-state index in [2.05, 4.69) is 11.7 Å². The molecule has 0 radical (unpaired) electrons. The third kappa shape index (κ3) is 2.21. The van der Waals surface area contributed by atoms with Crippen molar-refractivity contribution in [2.45, 2.75) is 32.3 Å². The fraction of sp³-hybridized carbons (Fsp3) is 0.889. The zero-order valence-electron chi connectivity index (χ0n) is 7.71. The summed E-state index contributed by atoms with van der Waals surface area (Å²) in [6.45, 7) is 2.88. The van der Waals surface area contributed by atoms with Crippen LogP contribution in [0.3, 0.4) is 0 Å². The van der Waals surface area contributed by atoms with Crippen molar-refractivity contribution >= 4 is 5.97 Å². The lowest BCUT2D eigenvalue weighted by Gasteiger charge is -2.32. The largest absolute Gasteiger partial charge is 0.469 e. The van der Waals surface area contributed by atoms with Gasteiger partial charge in [-0.3, -0.25) is 4.79 Å². The van der Waals surface area contributed by atoms with E-state index in [1.54, 1.807) is 0 Å². The van der Waals surface area contributed by atoms with Gasteiger partial charge in [0, 0.05) is 6.61 Å². The van der Waals surface area contributed by atoms with E-state index in [0.717, 1.165) is 25.9 Å². The van der Waals surface area contributed by atoms with Crippen molar-refractivity contribution in [3.05, 3.63) is 0 Å². The Morgan fingerprint density at radius 2 is 2.17 bits per heavy atom. The summed E-state index contributed by atoms with van der Waals surface area (Å²) >= 11 is 0. The Bertz CT molecular complexity index is 150. The van der Waals surface area contributed by atoms with E-state index < -0.39 is 0 Å². The lowest BCUT2D eigenvalue weighted by Crippen LogP contribution is -2.37. The molecule has 0 bridgehead atoms. The summed E-state index contributed by atoms with van der Waals surface area (Å²) in [4.78, 5) is 10.9. The number of carbonyl (C=O) groups excluding carboxylic acids is 1. The Kier molecular flexibility index (Phi) is 3.53. The second-order valence-electron chi connectivity index (χ2n) is 3.18. The number of hydrogen-bond donors (Lipinski definition) is 0. The molecule has 1 rings (SSSR count). The van der Waals surface area contributed by atoms with Gasteiger partial charge in [0.15, 0.2) is 0 Å². The van der Waals surface area contributed by atoms with E-state index in [9.17, 15) is 4.79 Å². The van der Waals surface area contributed by atoms with E-state index in [-0.39, 0.29) is 11.9 Å². The quantitative estimate of drug-likeness (QED) is 0.601. The van der Waals surface area contributed by atoms with Gasteiger partial charge < -0.3 is 9.47 Å². The van der Waals surface area contributed by atoms with Crippen LogP contribution in [0.1, 0.15) is 26.2 Å². The summed E-state index contributed by atoms with van der Waals surface area (Å²) < 4.78 is 10.1. The van der Waals surface area contributed by atoms with Gasteiger partial charge in [0.1, 0.15) is 0 Å². The monoisotopic (exact) mass is 172 g/mol. The highest BCUT2D eigenvalue weighted by Gasteiger charge is 2.35. The minimum absolute atomic E-state index is 0.0913. The molecule has 0 saturated heterocycles. The van der Waals surface area contributed by atoms with Crippen molar-refractivity contribution in [2.75, 3.05) is 13.7 Å². The van der Waals surface area contributed by atoms with Crippen molar-refractivity contribution < 1.29 is 14.3 Å². The van der Waals surface area contributed by atoms with Crippen molar-refractivity contribution in [1.29, 1.82) is 0 Å².